The van der Waals surface area contributed by atoms with Gasteiger partial charge in [-0.05, 0) is 36.8 Å². The van der Waals surface area contributed by atoms with Crippen LogP contribution in [0.3, 0.4) is 0 Å². The quantitative estimate of drug-likeness (QED) is 0.888. The van der Waals surface area contributed by atoms with Crippen molar-refractivity contribution in [3.05, 3.63) is 53.1 Å². The van der Waals surface area contributed by atoms with Crippen molar-refractivity contribution in [1.29, 1.82) is 0 Å². The van der Waals surface area contributed by atoms with E-state index in [0.29, 0.717) is 22.1 Å². The Morgan fingerprint density at radius 1 is 1.28 bits per heavy atom. The molecule has 0 aliphatic carbocycles. The summed E-state index contributed by atoms with van der Waals surface area (Å²) in [7, 11) is -3.56. The molecule has 8 heteroatoms. The van der Waals surface area contributed by atoms with Gasteiger partial charge in [-0.3, -0.25) is 9.10 Å². The molecule has 0 unspecified atom stereocenters. The zero-order valence-corrected chi connectivity index (χ0v) is 15.3. The highest BCUT2D eigenvalue weighted by molar-refractivity contribution is 7.92. The summed E-state index contributed by atoms with van der Waals surface area (Å²) in [5.74, 6) is -0.116. The van der Waals surface area contributed by atoms with E-state index < -0.39 is 22.0 Å². The van der Waals surface area contributed by atoms with Crippen molar-refractivity contribution in [2.45, 2.75) is 13.0 Å². The number of halogens is 1. The highest BCUT2D eigenvalue weighted by Crippen LogP contribution is 2.36. The van der Waals surface area contributed by atoms with Crippen LogP contribution in [0.2, 0.25) is 5.02 Å². The molecular weight excluding hydrogens is 364 g/mol. The standard InChI is InChI=1S/C17H17ClN2O4S/c1-11-7-8-15-14(9-11)20(25(2,22)23)10-16(24-15)17(21)19-13-6-4-3-5-12(13)18/h3-9,16H,10H2,1-2H3,(H,19,21)/t16-/m0/s1. The zero-order valence-electron chi connectivity index (χ0n) is 13.7. The van der Waals surface area contributed by atoms with Crippen molar-refractivity contribution in [2.75, 3.05) is 22.4 Å². The number of para-hydroxylation sites is 1. The molecule has 1 atom stereocenters. The molecule has 0 aromatic heterocycles. The fourth-order valence-electron chi connectivity index (χ4n) is 2.59. The first kappa shape index (κ1) is 17.6. The maximum absolute atomic E-state index is 12.6. The van der Waals surface area contributed by atoms with Crippen LogP contribution < -0.4 is 14.4 Å². The number of ether oxygens (including phenoxy) is 1. The first-order valence-electron chi connectivity index (χ1n) is 7.56. The van der Waals surface area contributed by atoms with E-state index in [1.807, 2.05) is 6.92 Å². The lowest BCUT2D eigenvalue weighted by Crippen LogP contribution is -2.48. The van der Waals surface area contributed by atoms with Gasteiger partial charge in [-0.1, -0.05) is 29.8 Å². The lowest BCUT2D eigenvalue weighted by Gasteiger charge is -2.34. The topological polar surface area (TPSA) is 75.7 Å². The van der Waals surface area contributed by atoms with Crippen molar-refractivity contribution in [3.8, 4) is 5.75 Å². The van der Waals surface area contributed by atoms with Gasteiger partial charge in [-0.2, -0.15) is 0 Å². The lowest BCUT2D eigenvalue weighted by atomic mass is 10.1. The number of carbonyl (C=O) groups excluding carboxylic acids is 1. The summed E-state index contributed by atoms with van der Waals surface area (Å²) in [5, 5.41) is 3.07. The van der Waals surface area contributed by atoms with Crippen LogP contribution in [0.5, 0.6) is 5.75 Å². The molecule has 1 aliphatic heterocycles. The molecule has 25 heavy (non-hydrogen) atoms. The molecule has 0 fully saturated rings. The second-order valence-corrected chi connectivity index (χ2v) is 8.15. The number of carbonyl (C=O) groups is 1. The van der Waals surface area contributed by atoms with Crippen molar-refractivity contribution >= 4 is 38.9 Å². The Kier molecular flexibility index (Phi) is 4.62. The molecule has 2 aromatic carbocycles. The minimum absolute atomic E-state index is 0.106. The van der Waals surface area contributed by atoms with Gasteiger partial charge in [0.05, 0.1) is 29.2 Å². The van der Waals surface area contributed by atoms with Gasteiger partial charge in [-0.15, -0.1) is 0 Å². The highest BCUT2D eigenvalue weighted by atomic mass is 35.5. The number of fused-ring (bicyclic) bond motifs is 1. The molecule has 132 valence electrons. The number of nitrogens with one attached hydrogen (secondary N) is 1. The minimum Gasteiger partial charge on any atom is -0.476 e. The van der Waals surface area contributed by atoms with Crippen LogP contribution in [0.25, 0.3) is 0 Å². The summed E-state index contributed by atoms with van der Waals surface area (Å²) < 4.78 is 31.2. The normalized spacial score (nSPS) is 16.8. The average molecular weight is 381 g/mol. The smallest absolute Gasteiger partial charge is 0.267 e. The van der Waals surface area contributed by atoms with E-state index in [4.69, 9.17) is 16.3 Å². The predicted molar refractivity (Wildman–Crippen MR) is 97.9 cm³/mol. The molecule has 0 saturated carbocycles. The maximum atomic E-state index is 12.6. The molecule has 0 radical (unpaired) electrons. The maximum Gasteiger partial charge on any atom is 0.267 e. The molecule has 0 spiro atoms. The Morgan fingerprint density at radius 2 is 2.00 bits per heavy atom. The van der Waals surface area contributed by atoms with Crippen LogP contribution >= 0.6 is 11.6 Å². The van der Waals surface area contributed by atoms with Gasteiger partial charge in [0.15, 0.2) is 6.10 Å². The lowest BCUT2D eigenvalue weighted by molar-refractivity contribution is -0.122. The average Bonchev–Trinajstić information content (AvgIpc) is 2.55. The number of aryl methyl sites for hydroxylation is 1. The van der Waals surface area contributed by atoms with Crippen LogP contribution in [0, 0.1) is 6.92 Å². The third kappa shape index (κ3) is 3.72. The Morgan fingerprint density at radius 3 is 2.68 bits per heavy atom. The molecular formula is C17H17ClN2O4S. The summed E-state index contributed by atoms with van der Waals surface area (Å²) in [5.41, 5.74) is 1.78. The van der Waals surface area contributed by atoms with E-state index in [1.165, 1.54) is 4.31 Å². The third-order valence-electron chi connectivity index (χ3n) is 3.81. The number of benzene rings is 2. The second-order valence-electron chi connectivity index (χ2n) is 5.84. The number of rotatable bonds is 3. The van der Waals surface area contributed by atoms with E-state index in [2.05, 4.69) is 5.32 Å². The predicted octanol–water partition coefficient (Wildman–Crippen LogP) is 2.81. The molecule has 1 amide bonds. The van der Waals surface area contributed by atoms with Gasteiger partial charge in [0.25, 0.3) is 5.91 Å². The van der Waals surface area contributed by atoms with Crippen LogP contribution in [0.15, 0.2) is 42.5 Å². The van der Waals surface area contributed by atoms with E-state index in [9.17, 15) is 13.2 Å². The number of hydrogen-bond acceptors (Lipinski definition) is 4. The van der Waals surface area contributed by atoms with Crippen molar-refractivity contribution in [3.63, 3.8) is 0 Å². The van der Waals surface area contributed by atoms with Crippen LogP contribution in [-0.4, -0.2) is 33.2 Å². The molecule has 0 saturated heterocycles. The van der Waals surface area contributed by atoms with Crippen LogP contribution in [-0.2, 0) is 14.8 Å². The van der Waals surface area contributed by atoms with E-state index in [0.717, 1.165) is 11.8 Å². The number of sulfonamides is 1. The Hall–Kier alpha value is -2.25. The van der Waals surface area contributed by atoms with Gasteiger partial charge in [0.1, 0.15) is 5.75 Å². The third-order valence-corrected chi connectivity index (χ3v) is 5.28. The molecule has 1 heterocycles. The molecule has 3 rings (SSSR count). The van der Waals surface area contributed by atoms with Gasteiger partial charge >= 0.3 is 0 Å². The molecule has 2 aromatic rings. The Labute approximate surface area is 151 Å². The van der Waals surface area contributed by atoms with Gasteiger partial charge in [0.2, 0.25) is 10.0 Å². The second kappa shape index (κ2) is 6.57. The first-order chi connectivity index (χ1) is 11.8. The molecule has 1 N–H and O–H groups in total. The molecule has 6 nitrogen and oxygen atoms in total. The summed E-state index contributed by atoms with van der Waals surface area (Å²) >= 11 is 6.05. The largest absolute Gasteiger partial charge is 0.476 e. The summed E-state index contributed by atoms with van der Waals surface area (Å²) in [6, 6.07) is 12.0. The minimum atomic E-state index is -3.56. The van der Waals surface area contributed by atoms with Crippen molar-refractivity contribution in [1.82, 2.24) is 0 Å². The highest BCUT2D eigenvalue weighted by Gasteiger charge is 2.35. The van der Waals surface area contributed by atoms with Crippen LogP contribution in [0.4, 0.5) is 11.4 Å². The van der Waals surface area contributed by atoms with Crippen molar-refractivity contribution < 1.29 is 17.9 Å². The molecule has 1 aliphatic rings. The first-order valence-corrected chi connectivity index (χ1v) is 9.79. The van der Waals surface area contributed by atoms with Gasteiger partial charge in [0, 0.05) is 0 Å². The Balaban J connectivity index is 1.90. The summed E-state index contributed by atoms with van der Waals surface area (Å²) in [6.07, 6.45) is 0.120. The summed E-state index contributed by atoms with van der Waals surface area (Å²) in [4.78, 5) is 12.6. The van der Waals surface area contributed by atoms with E-state index >= 15 is 0 Å². The van der Waals surface area contributed by atoms with Crippen LogP contribution in [0.1, 0.15) is 5.56 Å². The number of hydrogen-bond donors (Lipinski definition) is 1. The van der Waals surface area contributed by atoms with E-state index in [-0.39, 0.29) is 6.54 Å². The monoisotopic (exact) mass is 380 g/mol. The van der Waals surface area contributed by atoms with Gasteiger partial charge < -0.3 is 10.1 Å². The SMILES string of the molecule is Cc1ccc2c(c1)N(S(C)(=O)=O)C[C@@H](C(=O)Nc1ccccc1Cl)O2. The van der Waals surface area contributed by atoms with E-state index in [1.54, 1.807) is 42.5 Å². The number of amides is 1. The molecule has 0 bridgehead atoms. The number of nitrogens with zero attached hydrogens (tertiary/aromatic N) is 1. The van der Waals surface area contributed by atoms with Gasteiger partial charge in [-0.25, -0.2) is 8.42 Å². The zero-order chi connectivity index (χ0) is 18.2. The summed E-state index contributed by atoms with van der Waals surface area (Å²) in [6.45, 7) is 1.75. The number of anilines is 2. The fourth-order valence-corrected chi connectivity index (χ4v) is 3.68. The van der Waals surface area contributed by atoms with Crippen molar-refractivity contribution in [2.24, 2.45) is 0 Å². The fraction of sp³-hybridized carbons (Fsp3) is 0.235. The Bertz CT molecular complexity index is 930.